The van der Waals surface area contributed by atoms with Gasteiger partial charge in [0.25, 0.3) is 0 Å². The highest BCUT2D eigenvalue weighted by molar-refractivity contribution is 9.10. The summed E-state index contributed by atoms with van der Waals surface area (Å²) in [5.74, 6) is 1.04. The van der Waals surface area contributed by atoms with Crippen LogP contribution in [0.5, 0.6) is 0 Å². The highest BCUT2D eigenvalue weighted by Crippen LogP contribution is 2.24. The van der Waals surface area contributed by atoms with Gasteiger partial charge < -0.3 is 5.73 Å². The van der Waals surface area contributed by atoms with E-state index in [2.05, 4.69) is 41.2 Å². The average molecular weight is 294 g/mol. The molecule has 0 aromatic carbocycles. The summed E-state index contributed by atoms with van der Waals surface area (Å²) < 4.78 is 1.20. The zero-order valence-corrected chi connectivity index (χ0v) is 11.7. The standard InChI is InChI=1S/C10H16BrNS2/c1-7(2)14-6-8(12)5-10-9(11)3-4-13-10/h3-4,7-8H,5-6,12H2,1-2H3. The number of nitrogens with two attached hydrogens (primary N) is 1. The maximum Gasteiger partial charge on any atom is 0.0314 e. The van der Waals surface area contributed by atoms with Crippen molar-refractivity contribution in [3.05, 3.63) is 20.8 Å². The van der Waals surface area contributed by atoms with Crippen LogP contribution < -0.4 is 5.73 Å². The van der Waals surface area contributed by atoms with Gasteiger partial charge in [0.1, 0.15) is 0 Å². The van der Waals surface area contributed by atoms with Crippen molar-refractivity contribution in [2.45, 2.75) is 31.6 Å². The number of hydrogen-bond donors (Lipinski definition) is 1. The Labute approximate surface area is 103 Å². The van der Waals surface area contributed by atoms with Gasteiger partial charge in [0.05, 0.1) is 0 Å². The van der Waals surface area contributed by atoms with Crippen LogP contribution in [-0.4, -0.2) is 17.0 Å². The molecule has 1 atom stereocenters. The summed E-state index contributed by atoms with van der Waals surface area (Å²) in [5, 5.41) is 2.77. The lowest BCUT2D eigenvalue weighted by molar-refractivity contribution is 0.754. The van der Waals surface area contributed by atoms with E-state index < -0.39 is 0 Å². The second-order valence-electron chi connectivity index (χ2n) is 3.54. The second kappa shape index (κ2) is 6.16. The maximum atomic E-state index is 6.05. The summed E-state index contributed by atoms with van der Waals surface area (Å²) in [6.45, 7) is 4.41. The van der Waals surface area contributed by atoms with Crippen LogP contribution >= 0.6 is 39.0 Å². The van der Waals surface area contributed by atoms with Crippen molar-refractivity contribution >= 4 is 39.0 Å². The molecule has 0 aliphatic rings. The molecule has 1 rings (SSSR count). The highest BCUT2D eigenvalue weighted by Gasteiger charge is 2.09. The zero-order valence-electron chi connectivity index (χ0n) is 8.50. The van der Waals surface area contributed by atoms with E-state index in [9.17, 15) is 0 Å². The minimum Gasteiger partial charge on any atom is -0.327 e. The monoisotopic (exact) mass is 293 g/mol. The van der Waals surface area contributed by atoms with Gasteiger partial charge >= 0.3 is 0 Å². The van der Waals surface area contributed by atoms with Gasteiger partial charge in [-0.05, 0) is 39.0 Å². The molecule has 0 bridgehead atoms. The first-order valence-corrected chi connectivity index (χ1v) is 7.40. The van der Waals surface area contributed by atoms with E-state index in [0.29, 0.717) is 5.25 Å². The lowest BCUT2D eigenvalue weighted by Crippen LogP contribution is -2.26. The molecule has 0 radical (unpaired) electrons. The Morgan fingerprint density at radius 3 is 2.79 bits per heavy atom. The largest absolute Gasteiger partial charge is 0.327 e. The van der Waals surface area contributed by atoms with Crippen LogP contribution in [0.2, 0.25) is 0 Å². The summed E-state index contributed by atoms with van der Waals surface area (Å²) in [7, 11) is 0. The Morgan fingerprint density at radius 1 is 1.57 bits per heavy atom. The van der Waals surface area contributed by atoms with Crippen LogP contribution in [0.25, 0.3) is 0 Å². The molecule has 0 saturated heterocycles. The quantitative estimate of drug-likeness (QED) is 0.899. The number of halogens is 1. The highest BCUT2D eigenvalue weighted by atomic mass is 79.9. The van der Waals surface area contributed by atoms with Crippen LogP contribution in [0, 0.1) is 0 Å². The Hall–Kier alpha value is 0.490. The van der Waals surface area contributed by atoms with E-state index in [-0.39, 0.29) is 6.04 Å². The van der Waals surface area contributed by atoms with Crippen molar-refractivity contribution < 1.29 is 0 Å². The fraction of sp³-hybridized carbons (Fsp3) is 0.600. The number of rotatable bonds is 5. The second-order valence-corrected chi connectivity index (χ2v) is 7.00. The SMILES string of the molecule is CC(C)SCC(N)Cc1sccc1Br. The van der Waals surface area contributed by atoms with Gasteiger partial charge in [0, 0.05) is 21.1 Å². The molecule has 0 amide bonds. The molecule has 0 aliphatic heterocycles. The summed E-state index contributed by atoms with van der Waals surface area (Å²) in [4.78, 5) is 1.36. The van der Waals surface area contributed by atoms with Crippen molar-refractivity contribution in [3.8, 4) is 0 Å². The summed E-state index contributed by atoms with van der Waals surface area (Å²) in [6.07, 6.45) is 0.984. The molecular formula is C10H16BrNS2. The van der Waals surface area contributed by atoms with Crippen LogP contribution in [0.3, 0.4) is 0 Å². The van der Waals surface area contributed by atoms with E-state index in [4.69, 9.17) is 5.73 Å². The molecule has 1 heterocycles. The van der Waals surface area contributed by atoms with Crippen LogP contribution in [0.4, 0.5) is 0 Å². The lowest BCUT2D eigenvalue weighted by Gasteiger charge is -2.12. The van der Waals surface area contributed by atoms with Gasteiger partial charge in [-0.2, -0.15) is 11.8 Å². The molecule has 1 nitrogen and oxygen atoms in total. The predicted octanol–water partition coefficient (Wildman–Crippen LogP) is 3.52. The topological polar surface area (TPSA) is 26.0 Å². The van der Waals surface area contributed by atoms with Gasteiger partial charge in [-0.15, -0.1) is 11.3 Å². The van der Waals surface area contributed by atoms with Gasteiger partial charge in [0.2, 0.25) is 0 Å². The van der Waals surface area contributed by atoms with E-state index in [1.165, 1.54) is 9.35 Å². The number of thiophene rings is 1. The molecule has 0 aliphatic carbocycles. The van der Waals surface area contributed by atoms with Crippen LogP contribution in [0.1, 0.15) is 18.7 Å². The predicted molar refractivity (Wildman–Crippen MR) is 71.3 cm³/mol. The fourth-order valence-electron chi connectivity index (χ4n) is 1.08. The molecule has 2 N–H and O–H groups in total. The Morgan fingerprint density at radius 2 is 2.29 bits per heavy atom. The maximum absolute atomic E-state index is 6.05. The molecule has 0 saturated carbocycles. The smallest absolute Gasteiger partial charge is 0.0314 e. The van der Waals surface area contributed by atoms with E-state index >= 15 is 0 Å². The molecule has 0 fully saturated rings. The molecule has 80 valence electrons. The summed E-state index contributed by atoms with van der Waals surface area (Å²) in [5.41, 5.74) is 6.05. The molecule has 1 aromatic rings. The first kappa shape index (κ1) is 12.6. The molecule has 14 heavy (non-hydrogen) atoms. The molecule has 1 aromatic heterocycles. The third kappa shape index (κ3) is 4.34. The first-order chi connectivity index (χ1) is 6.59. The molecule has 0 spiro atoms. The minimum absolute atomic E-state index is 0.275. The van der Waals surface area contributed by atoms with Gasteiger partial charge in [-0.25, -0.2) is 0 Å². The summed E-state index contributed by atoms with van der Waals surface area (Å²) in [6, 6.07) is 2.36. The van der Waals surface area contributed by atoms with E-state index in [0.717, 1.165) is 12.2 Å². The molecule has 1 unspecified atom stereocenters. The van der Waals surface area contributed by atoms with Crippen molar-refractivity contribution in [2.75, 3.05) is 5.75 Å². The minimum atomic E-state index is 0.275. The van der Waals surface area contributed by atoms with Crippen molar-refractivity contribution in [1.82, 2.24) is 0 Å². The Bertz CT molecular complexity index is 273. The van der Waals surface area contributed by atoms with E-state index in [1.807, 2.05) is 11.8 Å². The van der Waals surface area contributed by atoms with Gasteiger partial charge in [-0.3, -0.25) is 0 Å². The zero-order chi connectivity index (χ0) is 10.6. The van der Waals surface area contributed by atoms with Crippen LogP contribution in [0.15, 0.2) is 15.9 Å². The fourth-order valence-corrected chi connectivity index (χ4v) is 3.44. The number of hydrogen-bond acceptors (Lipinski definition) is 3. The number of thioether (sulfide) groups is 1. The van der Waals surface area contributed by atoms with Crippen molar-refractivity contribution in [2.24, 2.45) is 5.73 Å². The normalized spacial score (nSPS) is 13.5. The van der Waals surface area contributed by atoms with Crippen molar-refractivity contribution in [1.29, 1.82) is 0 Å². The van der Waals surface area contributed by atoms with Gasteiger partial charge in [0.15, 0.2) is 0 Å². The van der Waals surface area contributed by atoms with Gasteiger partial charge in [-0.1, -0.05) is 13.8 Å². The molecular weight excluding hydrogens is 278 g/mol. The third-order valence-electron chi connectivity index (χ3n) is 1.78. The Kier molecular flexibility index (Phi) is 5.52. The van der Waals surface area contributed by atoms with Crippen LogP contribution in [-0.2, 0) is 6.42 Å². The summed E-state index contributed by atoms with van der Waals surface area (Å²) >= 11 is 7.23. The lowest BCUT2D eigenvalue weighted by atomic mass is 10.2. The first-order valence-electron chi connectivity index (χ1n) is 4.68. The molecule has 4 heteroatoms. The van der Waals surface area contributed by atoms with E-state index in [1.54, 1.807) is 11.3 Å². The van der Waals surface area contributed by atoms with Crippen molar-refractivity contribution in [3.63, 3.8) is 0 Å². The Balaban J connectivity index is 2.34. The third-order valence-corrected chi connectivity index (χ3v) is 5.02. The average Bonchev–Trinajstić information content (AvgIpc) is 2.49.